The molecule has 0 unspecified atom stereocenters. The molecule has 1 aromatic heterocycles. The summed E-state index contributed by atoms with van der Waals surface area (Å²) in [6, 6.07) is 1.01. The number of carbonyl (C=O) groups excluding carboxylic acids is 2. The highest BCUT2D eigenvalue weighted by Gasteiger charge is 2.25. The van der Waals surface area contributed by atoms with Crippen molar-refractivity contribution < 1.29 is 14.5 Å². The van der Waals surface area contributed by atoms with E-state index in [1.54, 1.807) is 20.8 Å². The van der Waals surface area contributed by atoms with Gasteiger partial charge in [-0.15, -0.1) is 11.3 Å². The fraction of sp³-hybridized carbons (Fsp3) is 0.455. The fourth-order valence-electron chi connectivity index (χ4n) is 1.56. The zero-order valence-electron chi connectivity index (χ0n) is 10.9. The third kappa shape index (κ3) is 3.50. The number of hydrogen-bond donors (Lipinski definition) is 1. The van der Waals surface area contributed by atoms with Crippen LogP contribution in [0.3, 0.4) is 0 Å². The van der Waals surface area contributed by atoms with Gasteiger partial charge in [-0.2, -0.15) is 0 Å². The lowest BCUT2D eigenvalue weighted by molar-refractivity contribution is -0.385. The van der Waals surface area contributed by atoms with Crippen molar-refractivity contribution >= 4 is 28.8 Å². The molecule has 2 amide bonds. The van der Waals surface area contributed by atoms with Crippen molar-refractivity contribution in [1.82, 2.24) is 4.90 Å². The SMILES string of the molecule is Cc1sc(C(=O)N(CC(N)=O)C(C)C)cc1[N+](=O)[O-]. The number of primary amides is 1. The molecule has 1 rings (SSSR count). The van der Waals surface area contributed by atoms with Gasteiger partial charge in [-0.3, -0.25) is 19.7 Å². The molecule has 19 heavy (non-hydrogen) atoms. The number of thiophene rings is 1. The van der Waals surface area contributed by atoms with E-state index < -0.39 is 16.7 Å². The van der Waals surface area contributed by atoms with E-state index >= 15 is 0 Å². The topological polar surface area (TPSA) is 107 Å². The first kappa shape index (κ1) is 15.1. The summed E-state index contributed by atoms with van der Waals surface area (Å²) in [5.41, 5.74) is 5.01. The van der Waals surface area contributed by atoms with Gasteiger partial charge in [-0.25, -0.2) is 0 Å². The highest BCUT2D eigenvalue weighted by molar-refractivity contribution is 7.14. The number of nitrogens with two attached hydrogens (primary N) is 1. The molecule has 0 saturated heterocycles. The molecule has 0 aliphatic rings. The van der Waals surface area contributed by atoms with Crippen molar-refractivity contribution in [2.75, 3.05) is 6.54 Å². The molecule has 104 valence electrons. The molecule has 0 aliphatic heterocycles. The van der Waals surface area contributed by atoms with Crippen molar-refractivity contribution in [2.45, 2.75) is 26.8 Å². The van der Waals surface area contributed by atoms with Crippen molar-refractivity contribution in [3.05, 3.63) is 25.9 Å². The van der Waals surface area contributed by atoms with E-state index in [9.17, 15) is 19.7 Å². The number of rotatable bonds is 5. The summed E-state index contributed by atoms with van der Waals surface area (Å²) in [7, 11) is 0. The van der Waals surface area contributed by atoms with Crippen molar-refractivity contribution in [1.29, 1.82) is 0 Å². The van der Waals surface area contributed by atoms with E-state index in [-0.39, 0.29) is 23.2 Å². The zero-order valence-corrected chi connectivity index (χ0v) is 11.7. The van der Waals surface area contributed by atoms with Crippen LogP contribution in [0.2, 0.25) is 0 Å². The van der Waals surface area contributed by atoms with Crippen LogP contribution in [0.4, 0.5) is 5.69 Å². The predicted octanol–water partition coefficient (Wildman–Crippen LogP) is 1.30. The van der Waals surface area contributed by atoms with Gasteiger partial charge in [0.1, 0.15) is 0 Å². The van der Waals surface area contributed by atoms with Crippen LogP contribution < -0.4 is 5.73 Å². The lowest BCUT2D eigenvalue weighted by atomic mass is 10.2. The number of aryl methyl sites for hydroxylation is 1. The molecule has 1 aromatic rings. The summed E-state index contributed by atoms with van der Waals surface area (Å²) < 4.78 is 0. The van der Waals surface area contributed by atoms with Crippen molar-refractivity contribution in [3.8, 4) is 0 Å². The summed E-state index contributed by atoms with van der Waals surface area (Å²) in [5, 5.41) is 10.8. The minimum absolute atomic E-state index is 0.0869. The highest BCUT2D eigenvalue weighted by atomic mass is 32.1. The summed E-state index contributed by atoms with van der Waals surface area (Å²) in [4.78, 5) is 35.4. The third-order valence-corrected chi connectivity index (χ3v) is 3.54. The average molecular weight is 285 g/mol. The predicted molar refractivity (Wildman–Crippen MR) is 71.1 cm³/mol. The Kier molecular flexibility index (Phi) is 4.60. The maximum Gasteiger partial charge on any atom is 0.283 e. The number of amides is 2. The molecule has 7 nitrogen and oxygen atoms in total. The van der Waals surface area contributed by atoms with Crippen LogP contribution in [-0.2, 0) is 4.79 Å². The monoisotopic (exact) mass is 285 g/mol. The number of nitrogens with zero attached hydrogens (tertiary/aromatic N) is 2. The second kappa shape index (κ2) is 5.79. The van der Waals surface area contributed by atoms with Gasteiger partial charge in [-0.05, 0) is 20.8 Å². The summed E-state index contributed by atoms with van der Waals surface area (Å²) in [6.07, 6.45) is 0. The molecular weight excluding hydrogens is 270 g/mol. The van der Waals surface area contributed by atoms with Crippen LogP contribution in [0.1, 0.15) is 28.4 Å². The second-order valence-electron chi connectivity index (χ2n) is 4.30. The molecule has 0 saturated carbocycles. The Hall–Kier alpha value is -1.96. The largest absolute Gasteiger partial charge is 0.368 e. The van der Waals surface area contributed by atoms with Crippen LogP contribution >= 0.6 is 11.3 Å². The summed E-state index contributed by atoms with van der Waals surface area (Å²) >= 11 is 1.04. The van der Waals surface area contributed by atoms with Crippen LogP contribution in [-0.4, -0.2) is 34.2 Å². The number of nitro groups is 1. The first-order valence-corrected chi connectivity index (χ1v) is 6.39. The van der Waals surface area contributed by atoms with Crippen LogP contribution in [0.5, 0.6) is 0 Å². The van der Waals surface area contributed by atoms with Gasteiger partial charge in [0.2, 0.25) is 5.91 Å². The van der Waals surface area contributed by atoms with Crippen LogP contribution in [0, 0.1) is 17.0 Å². The Morgan fingerprint density at radius 2 is 2.11 bits per heavy atom. The van der Waals surface area contributed by atoms with Gasteiger partial charge in [0.15, 0.2) is 0 Å². The molecular formula is C11H15N3O4S. The van der Waals surface area contributed by atoms with Gasteiger partial charge >= 0.3 is 0 Å². The van der Waals surface area contributed by atoms with Gasteiger partial charge in [0.05, 0.1) is 21.2 Å². The molecule has 0 atom stereocenters. The molecule has 0 aliphatic carbocycles. The van der Waals surface area contributed by atoms with Gasteiger partial charge < -0.3 is 10.6 Å². The first-order valence-electron chi connectivity index (χ1n) is 5.58. The van der Waals surface area contributed by atoms with E-state index in [4.69, 9.17) is 5.73 Å². The fourth-order valence-corrected chi connectivity index (χ4v) is 2.50. The standard InChI is InChI=1S/C11H15N3O4S/c1-6(2)13(5-10(12)15)11(16)9-4-8(14(17)18)7(3)19-9/h4,6H,5H2,1-3H3,(H2,12,15). The lowest BCUT2D eigenvalue weighted by Gasteiger charge is -2.24. The third-order valence-electron chi connectivity index (χ3n) is 2.51. The number of carbonyl (C=O) groups is 2. The Labute approximate surface area is 114 Å². The molecule has 0 bridgehead atoms. The maximum absolute atomic E-state index is 12.2. The normalized spacial score (nSPS) is 10.5. The molecule has 0 aromatic carbocycles. The highest BCUT2D eigenvalue weighted by Crippen LogP contribution is 2.29. The van der Waals surface area contributed by atoms with Gasteiger partial charge in [0.25, 0.3) is 11.6 Å². The number of hydrogen-bond acceptors (Lipinski definition) is 5. The van der Waals surface area contributed by atoms with E-state index in [2.05, 4.69) is 0 Å². The smallest absolute Gasteiger partial charge is 0.283 e. The molecule has 2 N–H and O–H groups in total. The first-order chi connectivity index (χ1) is 8.73. The van der Waals surface area contributed by atoms with E-state index in [1.165, 1.54) is 11.0 Å². The quantitative estimate of drug-likeness (QED) is 0.650. The van der Waals surface area contributed by atoms with Crippen molar-refractivity contribution in [3.63, 3.8) is 0 Å². The van der Waals surface area contributed by atoms with E-state index in [0.717, 1.165) is 11.3 Å². The molecule has 0 radical (unpaired) electrons. The Balaban J connectivity index is 3.06. The van der Waals surface area contributed by atoms with Crippen molar-refractivity contribution in [2.24, 2.45) is 5.73 Å². The summed E-state index contributed by atoms with van der Waals surface area (Å²) in [5.74, 6) is -1.04. The van der Waals surface area contributed by atoms with Crippen LogP contribution in [0.25, 0.3) is 0 Å². The summed E-state index contributed by atoms with van der Waals surface area (Å²) in [6.45, 7) is 4.86. The minimum atomic E-state index is -0.621. The Morgan fingerprint density at radius 1 is 1.53 bits per heavy atom. The molecule has 1 heterocycles. The zero-order chi connectivity index (χ0) is 14.7. The second-order valence-corrected chi connectivity index (χ2v) is 5.56. The maximum atomic E-state index is 12.2. The molecule has 8 heteroatoms. The Bertz CT molecular complexity index is 524. The molecule has 0 fully saturated rings. The lowest BCUT2D eigenvalue weighted by Crippen LogP contribution is -2.42. The average Bonchev–Trinajstić information content (AvgIpc) is 2.66. The van der Waals surface area contributed by atoms with E-state index in [0.29, 0.717) is 4.88 Å². The molecule has 0 spiro atoms. The van der Waals surface area contributed by atoms with Gasteiger partial charge in [0, 0.05) is 12.1 Å². The van der Waals surface area contributed by atoms with Gasteiger partial charge in [-0.1, -0.05) is 0 Å². The minimum Gasteiger partial charge on any atom is -0.368 e. The van der Waals surface area contributed by atoms with E-state index in [1.807, 2.05) is 0 Å². The Morgan fingerprint density at radius 3 is 2.47 bits per heavy atom. The van der Waals surface area contributed by atoms with Crippen LogP contribution in [0.15, 0.2) is 6.07 Å².